The van der Waals surface area contributed by atoms with Gasteiger partial charge in [0.15, 0.2) is 7.14 Å². The van der Waals surface area contributed by atoms with Crippen LogP contribution < -0.4 is 15.9 Å². The van der Waals surface area contributed by atoms with E-state index in [0.29, 0.717) is 0 Å². The summed E-state index contributed by atoms with van der Waals surface area (Å²) in [6.45, 7) is 2.15. The Balaban J connectivity index is 1.25. The second-order valence-corrected chi connectivity index (χ2v) is 16.7. The van der Waals surface area contributed by atoms with E-state index >= 15 is 4.57 Å². The minimum atomic E-state index is -3.22. The van der Waals surface area contributed by atoms with Gasteiger partial charge in [-0.2, -0.15) is 0 Å². The lowest BCUT2D eigenvalue weighted by molar-refractivity contribution is 0.592. The monoisotopic (exact) mass is 696 g/mol. The molecule has 0 spiro atoms. The topological polar surface area (TPSA) is 34.9 Å². The molecule has 9 aromatic carbocycles. The summed E-state index contributed by atoms with van der Waals surface area (Å²) in [7, 11) is -3.22. The highest BCUT2D eigenvalue weighted by molar-refractivity contribution is 7.86. The zero-order valence-electron chi connectivity index (χ0n) is 29.1. The number of aromatic nitrogens is 2. The third kappa shape index (κ3) is 4.17. The molecular weight excluding hydrogens is 664 g/mol. The average Bonchev–Trinajstić information content (AvgIpc) is 3.61. The van der Waals surface area contributed by atoms with E-state index in [0.717, 1.165) is 50.4 Å². The molecule has 0 N–H and O–H groups in total. The van der Waals surface area contributed by atoms with Gasteiger partial charge in [0.2, 0.25) is 0 Å². The van der Waals surface area contributed by atoms with Gasteiger partial charge in [-0.15, -0.1) is 0 Å². The summed E-state index contributed by atoms with van der Waals surface area (Å²) in [5.74, 6) is 0.971. The van der Waals surface area contributed by atoms with Crippen molar-refractivity contribution in [3.05, 3.63) is 176 Å². The molecule has 1 aromatic heterocycles. The van der Waals surface area contributed by atoms with Crippen LogP contribution in [0.3, 0.4) is 0 Å². The summed E-state index contributed by atoms with van der Waals surface area (Å²) in [4.78, 5) is 5.10. The van der Waals surface area contributed by atoms with Crippen molar-refractivity contribution in [3.63, 3.8) is 0 Å². The van der Waals surface area contributed by atoms with Crippen LogP contribution in [-0.4, -0.2) is 9.55 Å². The van der Waals surface area contributed by atoms with Gasteiger partial charge in [-0.3, -0.25) is 4.57 Å². The van der Waals surface area contributed by atoms with Gasteiger partial charge in [-0.05, 0) is 95.7 Å². The number of para-hydroxylation sites is 1. The Labute approximate surface area is 307 Å². The number of fused-ring (bicyclic) bond motifs is 7. The molecule has 1 aliphatic heterocycles. The largest absolute Gasteiger partial charge is 0.308 e. The van der Waals surface area contributed by atoms with E-state index in [2.05, 4.69) is 139 Å². The fourth-order valence-corrected chi connectivity index (χ4v) is 12.1. The minimum Gasteiger partial charge on any atom is -0.308 e. The molecule has 0 radical (unpaired) electrons. The van der Waals surface area contributed by atoms with Crippen molar-refractivity contribution in [3.8, 4) is 27.9 Å². The molecule has 0 saturated heterocycles. The van der Waals surface area contributed by atoms with Crippen LogP contribution in [-0.2, 0) is 11.0 Å². The van der Waals surface area contributed by atoms with Crippen molar-refractivity contribution >= 4 is 77.2 Å². The quantitative estimate of drug-likeness (QED) is 0.104. The standard InChI is InChI=1S/C49H33N2OP/c1-2-46-50-42-25-14-26-45-49(42)51(46)43-30-32(27-28-44(43)53(45,52)33-16-4-3-5-17-33)47-37-21-10-12-23-39(37)48(40-24-13-11-22-38(40)47)41-29-31-15-6-7-18-34(31)35-19-8-9-20-36(35)41/h3-30H,2H2,1H3. The molecule has 0 bridgehead atoms. The number of aryl methyl sites for hydroxylation is 1. The third-order valence-electron chi connectivity index (χ3n) is 11.3. The van der Waals surface area contributed by atoms with Crippen LogP contribution in [0.4, 0.5) is 0 Å². The lowest BCUT2D eigenvalue weighted by Crippen LogP contribution is -2.33. The Morgan fingerprint density at radius 2 is 1.13 bits per heavy atom. The third-order valence-corrected chi connectivity index (χ3v) is 14.4. The summed E-state index contributed by atoms with van der Waals surface area (Å²) in [6, 6.07) is 60.3. The van der Waals surface area contributed by atoms with Crippen molar-refractivity contribution in [2.45, 2.75) is 13.3 Å². The number of benzene rings is 9. The van der Waals surface area contributed by atoms with E-state index in [1.54, 1.807) is 0 Å². The Morgan fingerprint density at radius 1 is 0.528 bits per heavy atom. The number of hydrogen-bond donors (Lipinski definition) is 0. The summed E-state index contributed by atoms with van der Waals surface area (Å²) in [5.41, 5.74) is 7.53. The molecule has 3 nitrogen and oxygen atoms in total. The van der Waals surface area contributed by atoms with E-state index in [4.69, 9.17) is 4.98 Å². The number of rotatable bonds is 4. The molecule has 0 fully saturated rings. The molecule has 4 heteroatoms. The van der Waals surface area contributed by atoms with Crippen molar-refractivity contribution in [1.29, 1.82) is 0 Å². The Kier molecular flexibility index (Phi) is 6.51. The Morgan fingerprint density at radius 3 is 1.83 bits per heavy atom. The average molecular weight is 697 g/mol. The summed E-state index contributed by atoms with van der Waals surface area (Å²) >= 11 is 0. The van der Waals surface area contributed by atoms with Gasteiger partial charge < -0.3 is 4.57 Å². The minimum absolute atomic E-state index is 0.758. The highest BCUT2D eigenvalue weighted by atomic mass is 31.2. The molecule has 0 aliphatic carbocycles. The molecule has 250 valence electrons. The van der Waals surface area contributed by atoms with E-state index in [-0.39, 0.29) is 0 Å². The molecule has 1 atom stereocenters. The number of hydrogen-bond acceptors (Lipinski definition) is 2. The maximum absolute atomic E-state index is 15.8. The fourth-order valence-electron chi connectivity index (χ4n) is 9.07. The zero-order valence-corrected chi connectivity index (χ0v) is 30.0. The maximum Gasteiger partial charge on any atom is 0.175 e. The van der Waals surface area contributed by atoms with E-state index in [9.17, 15) is 0 Å². The van der Waals surface area contributed by atoms with Crippen LogP contribution in [0.15, 0.2) is 170 Å². The van der Waals surface area contributed by atoms with Gasteiger partial charge in [0.1, 0.15) is 5.82 Å². The van der Waals surface area contributed by atoms with Gasteiger partial charge >= 0.3 is 0 Å². The Hall–Kier alpha value is -6.28. The highest BCUT2D eigenvalue weighted by Gasteiger charge is 2.40. The molecule has 0 saturated carbocycles. The van der Waals surface area contributed by atoms with Gasteiger partial charge in [-0.25, -0.2) is 4.98 Å². The molecule has 2 heterocycles. The first-order valence-corrected chi connectivity index (χ1v) is 20.0. The molecule has 53 heavy (non-hydrogen) atoms. The van der Waals surface area contributed by atoms with Crippen molar-refractivity contribution in [1.82, 2.24) is 9.55 Å². The smallest absolute Gasteiger partial charge is 0.175 e. The van der Waals surface area contributed by atoms with E-state index in [1.807, 2.05) is 42.5 Å². The molecule has 1 unspecified atom stereocenters. The zero-order chi connectivity index (χ0) is 35.3. The van der Waals surface area contributed by atoms with Crippen molar-refractivity contribution < 1.29 is 4.57 Å². The predicted molar refractivity (Wildman–Crippen MR) is 224 cm³/mol. The Bertz CT molecular complexity index is 3140. The van der Waals surface area contributed by atoms with Crippen LogP contribution in [0.25, 0.3) is 82.1 Å². The van der Waals surface area contributed by atoms with Crippen LogP contribution in [0.5, 0.6) is 0 Å². The van der Waals surface area contributed by atoms with E-state index in [1.165, 1.54) is 59.8 Å². The van der Waals surface area contributed by atoms with Crippen LogP contribution >= 0.6 is 7.14 Å². The van der Waals surface area contributed by atoms with Crippen LogP contribution in [0.1, 0.15) is 12.7 Å². The van der Waals surface area contributed by atoms with Crippen molar-refractivity contribution in [2.24, 2.45) is 0 Å². The summed E-state index contributed by atoms with van der Waals surface area (Å²) in [5, 5.41) is 12.3. The lowest BCUT2D eigenvalue weighted by Gasteiger charge is -2.30. The van der Waals surface area contributed by atoms with Crippen molar-refractivity contribution in [2.75, 3.05) is 0 Å². The second-order valence-electron chi connectivity index (χ2n) is 14.0. The van der Waals surface area contributed by atoms with Gasteiger partial charge in [-0.1, -0.05) is 146 Å². The predicted octanol–water partition coefficient (Wildman–Crippen LogP) is 11.5. The van der Waals surface area contributed by atoms with Crippen LogP contribution in [0, 0.1) is 0 Å². The highest BCUT2D eigenvalue weighted by Crippen LogP contribution is 2.51. The van der Waals surface area contributed by atoms with Gasteiger partial charge in [0.05, 0.1) is 16.7 Å². The molecular formula is C49H33N2OP. The normalized spacial score (nSPS) is 15.1. The number of imidazole rings is 1. The van der Waals surface area contributed by atoms with Gasteiger partial charge in [0, 0.05) is 22.3 Å². The fraction of sp³-hybridized carbons (Fsp3) is 0.0408. The number of nitrogens with zero attached hydrogens (tertiary/aromatic N) is 2. The van der Waals surface area contributed by atoms with Gasteiger partial charge in [0.25, 0.3) is 0 Å². The molecule has 1 aliphatic rings. The SMILES string of the molecule is CCc1nc2cccc3c2n1-c1cc(-c2c4ccccc4c(-c4cc5ccccc5c5ccccc45)c4ccccc24)ccc1P3(=O)c1ccccc1. The second kappa shape index (κ2) is 11.4. The van der Waals surface area contributed by atoms with E-state index < -0.39 is 7.14 Å². The first-order valence-electron chi connectivity index (χ1n) is 18.3. The first-order chi connectivity index (χ1) is 26.1. The molecule has 11 rings (SSSR count). The molecule has 0 amide bonds. The maximum atomic E-state index is 15.8. The summed E-state index contributed by atoms with van der Waals surface area (Å²) in [6.07, 6.45) is 0.758. The lowest BCUT2D eigenvalue weighted by atomic mass is 9.84. The molecule has 10 aromatic rings. The summed E-state index contributed by atoms with van der Waals surface area (Å²) < 4.78 is 18.1. The van der Waals surface area contributed by atoms with Crippen LogP contribution in [0.2, 0.25) is 0 Å². The first kappa shape index (κ1) is 30.4.